The molecule has 5 N–H and O–H groups in total. The molecule has 1 aliphatic carbocycles. The van der Waals surface area contributed by atoms with Crippen LogP contribution in [0.1, 0.15) is 46.5 Å². The highest BCUT2D eigenvalue weighted by Gasteiger charge is 2.70. The van der Waals surface area contributed by atoms with Crippen LogP contribution in [0.3, 0.4) is 0 Å². The first-order chi connectivity index (χ1) is 18.3. The summed E-state index contributed by atoms with van der Waals surface area (Å²) in [5.41, 5.74) is 4.91. The molecule has 0 spiro atoms. The van der Waals surface area contributed by atoms with E-state index in [1.165, 1.54) is 5.32 Å². The monoisotopic (exact) mass is 585 g/mol. The number of nitrogens with one attached hydrogen (secondary N) is 3. The minimum atomic E-state index is -5.56. The van der Waals surface area contributed by atoms with Gasteiger partial charge in [0.2, 0.25) is 23.6 Å². The van der Waals surface area contributed by atoms with E-state index in [1.807, 2.05) is 0 Å². The Morgan fingerprint density at radius 3 is 2.23 bits per heavy atom. The predicted molar refractivity (Wildman–Crippen MR) is 126 cm³/mol. The zero-order valence-electron chi connectivity index (χ0n) is 22.1. The number of likely N-dealkylation sites (tertiary alicyclic amines) is 1. The Hall–Kier alpha value is -3.07. The van der Waals surface area contributed by atoms with Crippen LogP contribution >= 0.6 is 0 Å². The zero-order chi connectivity index (χ0) is 30.4. The Labute approximate surface area is 226 Å². The van der Waals surface area contributed by atoms with Crippen LogP contribution in [0.25, 0.3) is 0 Å². The number of alkyl halides is 6. The number of hydrogen-bond acceptors (Lipinski definition) is 5. The lowest BCUT2D eigenvalue weighted by Gasteiger charge is -2.36. The number of carbonyl (C=O) groups excluding carboxylic acids is 5. The van der Waals surface area contributed by atoms with Gasteiger partial charge in [0.15, 0.2) is 0 Å². The molecule has 2 aliphatic heterocycles. The molecule has 3 aliphatic rings. The number of carbonyl (C=O) groups is 5. The van der Waals surface area contributed by atoms with Crippen LogP contribution in [0, 0.1) is 29.1 Å². The van der Waals surface area contributed by atoms with E-state index in [0.717, 1.165) is 11.8 Å². The Morgan fingerprint density at radius 1 is 1.12 bits per heavy atom. The standard InChI is InChI=1S/C24H33F6N5O5/c1-4-11(23(25,26)27)15(34-21(40)24(28,29)30)20(39)35-9-12-14(22(12,2)3)16(35)19(38)33-13(17(31)36)6-5-10-7-8-32-18(10)37/h10-16H,4-9H2,1-3H3,(H2,31,36)(H,32,37)(H,33,38)(H,34,40)/t10-,11?,12+,13+,14+,15?,16+/m1/s1. The molecule has 10 nitrogen and oxygen atoms in total. The average Bonchev–Trinajstić information content (AvgIpc) is 3.18. The highest BCUT2D eigenvalue weighted by Crippen LogP contribution is 2.65. The first-order valence-electron chi connectivity index (χ1n) is 12.9. The van der Waals surface area contributed by atoms with Gasteiger partial charge in [-0.15, -0.1) is 0 Å². The summed E-state index contributed by atoms with van der Waals surface area (Å²) in [4.78, 5) is 63.2. The van der Waals surface area contributed by atoms with Gasteiger partial charge in [-0.2, -0.15) is 26.3 Å². The van der Waals surface area contributed by atoms with Crippen molar-refractivity contribution in [3.05, 3.63) is 0 Å². The topological polar surface area (TPSA) is 151 Å². The van der Waals surface area contributed by atoms with Crippen molar-refractivity contribution in [2.75, 3.05) is 13.1 Å². The fourth-order valence-corrected chi connectivity index (χ4v) is 6.04. The molecule has 2 saturated heterocycles. The summed E-state index contributed by atoms with van der Waals surface area (Å²) in [6.45, 7) is 4.77. The number of amides is 5. The van der Waals surface area contributed by atoms with Gasteiger partial charge in [-0.3, -0.25) is 24.0 Å². The number of halogens is 6. The van der Waals surface area contributed by atoms with Gasteiger partial charge in [-0.1, -0.05) is 20.8 Å². The van der Waals surface area contributed by atoms with Crippen molar-refractivity contribution >= 4 is 29.5 Å². The molecular weight excluding hydrogens is 552 g/mol. The third kappa shape index (κ3) is 6.29. The Kier molecular flexibility index (Phi) is 8.71. The molecule has 0 aromatic heterocycles. The third-order valence-corrected chi connectivity index (χ3v) is 8.46. The second-order valence-corrected chi connectivity index (χ2v) is 11.2. The molecule has 226 valence electrons. The zero-order valence-corrected chi connectivity index (χ0v) is 22.1. The molecule has 2 unspecified atom stereocenters. The molecule has 0 aromatic carbocycles. The number of rotatable bonds is 10. The fourth-order valence-electron chi connectivity index (χ4n) is 6.04. The van der Waals surface area contributed by atoms with Gasteiger partial charge >= 0.3 is 18.3 Å². The maximum absolute atomic E-state index is 13.8. The maximum Gasteiger partial charge on any atom is 0.471 e. The highest BCUT2D eigenvalue weighted by molar-refractivity contribution is 5.96. The van der Waals surface area contributed by atoms with E-state index < -0.39 is 83.7 Å². The van der Waals surface area contributed by atoms with Gasteiger partial charge in [0.05, 0.1) is 5.92 Å². The molecule has 16 heteroatoms. The molecule has 3 fully saturated rings. The number of primary amides is 1. The number of fused-ring (bicyclic) bond motifs is 1. The van der Waals surface area contributed by atoms with Gasteiger partial charge < -0.3 is 26.6 Å². The average molecular weight is 586 g/mol. The van der Waals surface area contributed by atoms with Gasteiger partial charge in [-0.25, -0.2) is 0 Å². The number of nitrogens with two attached hydrogens (primary N) is 1. The largest absolute Gasteiger partial charge is 0.471 e. The first-order valence-corrected chi connectivity index (χ1v) is 12.9. The molecule has 3 rings (SSSR count). The summed E-state index contributed by atoms with van der Waals surface area (Å²) in [5.74, 6) is -10.2. The summed E-state index contributed by atoms with van der Waals surface area (Å²) in [6.07, 6.45) is -10.8. The Morgan fingerprint density at radius 2 is 1.75 bits per heavy atom. The van der Waals surface area contributed by atoms with E-state index >= 15 is 0 Å². The van der Waals surface area contributed by atoms with E-state index in [4.69, 9.17) is 5.73 Å². The lowest BCUT2D eigenvalue weighted by Crippen LogP contribution is -2.61. The van der Waals surface area contributed by atoms with Gasteiger partial charge in [-0.05, 0) is 42.9 Å². The smallest absolute Gasteiger partial charge is 0.368 e. The summed E-state index contributed by atoms with van der Waals surface area (Å²) < 4.78 is 80.2. The van der Waals surface area contributed by atoms with Crippen molar-refractivity contribution in [1.29, 1.82) is 0 Å². The Bertz CT molecular complexity index is 1050. The van der Waals surface area contributed by atoms with E-state index in [0.29, 0.717) is 13.0 Å². The minimum absolute atomic E-state index is 0.0203. The SMILES string of the molecule is CCC(C(NC(=O)C(F)(F)F)C(=O)N1C[C@H]2[C@@H]([C@H]1C(=O)N[C@@H](CC[C@@H]1CCNC1=O)C(N)=O)C2(C)C)C(F)(F)F. The number of piperidine rings is 1. The van der Waals surface area contributed by atoms with E-state index in [9.17, 15) is 50.3 Å². The van der Waals surface area contributed by atoms with Crippen molar-refractivity contribution in [2.45, 2.75) is 76.9 Å². The van der Waals surface area contributed by atoms with Gasteiger partial charge in [0.25, 0.3) is 0 Å². The molecule has 0 bridgehead atoms. The molecule has 2 heterocycles. The van der Waals surface area contributed by atoms with E-state index in [1.54, 1.807) is 13.8 Å². The molecule has 40 heavy (non-hydrogen) atoms. The predicted octanol–water partition coefficient (Wildman–Crippen LogP) is 0.991. The fraction of sp³-hybridized carbons (Fsp3) is 0.792. The first kappa shape index (κ1) is 31.5. The molecular formula is C24H33F6N5O5. The van der Waals surface area contributed by atoms with Crippen molar-refractivity contribution in [3.8, 4) is 0 Å². The molecule has 1 saturated carbocycles. The minimum Gasteiger partial charge on any atom is -0.368 e. The summed E-state index contributed by atoms with van der Waals surface area (Å²) in [7, 11) is 0. The van der Waals surface area contributed by atoms with Crippen LogP contribution in [0.15, 0.2) is 0 Å². The van der Waals surface area contributed by atoms with Crippen molar-refractivity contribution < 1.29 is 50.3 Å². The van der Waals surface area contributed by atoms with Crippen LogP contribution < -0.4 is 21.7 Å². The normalized spacial score (nSPS) is 27.7. The lowest BCUT2D eigenvalue weighted by molar-refractivity contribution is -0.195. The molecule has 0 radical (unpaired) electrons. The summed E-state index contributed by atoms with van der Waals surface area (Å²) >= 11 is 0. The summed E-state index contributed by atoms with van der Waals surface area (Å²) in [6, 6.07) is -5.32. The quantitative estimate of drug-likeness (QED) is 0.282. The van der Waals surface area contributed by atoms with Gasteiger partial charge in [0, 0.05) is 19.0 Å². The molecule has 7 atom stereocenters. The van der Waals surface area contributed by atoms with Crippen LogP contribution in [0.5, 0.6) is 0 Å². The lowest BCUT2D eigenvalue weighted by atomic mass is 9.92. The summed E-state index contributed by atoms with van der Waals surface area (Å²) in [5, 5.41) is 6.26. The molecule has 5 amide bonds. The number of nitrogens with zero attached hydrogens (tertiary/aromatic N) is 1. The van der Waals surface area contributed by atoms with E-state index in [-0.39, 0.29) is 31.2 Å². The maximum atomic E-state index is 13.8. The van der Waals surface area contributed by atoms with Crippen LogP contribution in [-0.4, -0.2) is 78.0 Å². The third-order valence-electron chi connectivity index (χ3n) is 8.46. The second kappa shape index (κ2) is 11.1. The van der Waals surface area contributed by atoms with Crippen molar-refractivity contribution in [3.63, 3.8) is 0 Å². The van der Waals surface area contributed by atoms with Crippen LogP contribution in [0.4, 0.5) is 26.3 Å². The van der Waals surface area contributed by atoms with E-state index in [2.05, 4.69) is 10.6 Å². The van der Waals surface area contributed by atoms with Crippen molar-refractivity contribution in [2.24, 2.45) is 34.8 Å². The second-order valence-electron chi connectivity index (χ2n) is 11.2. The number of hydrogen-bond donors (Lipinski definition) is 4. The van der Waals surface area contributed by atoms with Gasteiger partial charge in [0.1, 0.15) is 18.1 Å². The van der Waals surface area contributed by atoms with Crippen molar-refractivity contribution in [1.82, 2.24) is 20.9 Å². The Balaban J connectivity index is 1.86. The van der Waals surface area contributed by atoms with Crippen LogP contribution in [0.2, 0.25) is 0 Å². The highest BCUT2D eigenvalue weighted by atomic mass is 19.4. The van der Waals surface area contributed by atoms with Crippen LogP contribution in [-0.2, 0) is 24.0 Å². The molecule has 0 aromatic rings.